The Balaban J connectivity index is 0.00000127. The van der Waals surface area contributed by atoms with Gasteiger partial charge in [0.2, 0.25) is 5.91 Å². The highest BCUT2D eigenvalue weighted by molar-refractivity contribution is 7.97. The zero-order valence-electron chi connectivity index (χ0n) is 25.3. The molecule has 5 nitrogen and oxygen atoms in total. The third kappa shape index (κ3) is 9.76. The van der Waals surface area contributed by atoms with E-state index in [-0.39, 0.29) is 18.7 Å². The lowest BCUT2D eigenvalue weighted by Crippen LogP contribution is -2.44. The van der Waals surface area contributed by atoms with Gasteiger partial charge in [-0.3, -0.25) is 9.59 Å². The van der Waals surface area contributed by atoms with Crippen LogP contribution in [0.2, 0.25) is 0 Å². The average Bonchev–Trinajstić information content (AvgIpc) is 3.02. The average molecular weight is 647 g/mol. The molecule has 0 bridgehead atoms. The molecule has 244 valence electrons. The third-order valence-electron chi connectivity index (χ3n) is 7.34. The van der Waals surface area contributed by atoms with Crippen LogP contribution in [-0.4, -0.2) is 59.1 Å². The molecular formula is C32H40F6N2O3S. The Morgan fingerprint density at radius 1 is 0.955 bits per heavy atom. The fourth-order valence-electron chi connectivity index (χ4n) is 5.14. The van der Waals surface area contributed by atoms with E-state index in [2.05, 4.69) is 0 Å². The van der Waals surface area contributed by atoms with Gasteiger partial charge >= 0.3 is 0 Å². The van der Waals surface area contributed by atoms with Gasteiger partial charge in [-0.2, -0.15) is 0 Å². The van der Waals surface area contributed by atoms with Crippen molar-refractivity contribution >= 4 is 30.0 Å². The lowest BCUT2D eigenvalue weighted by atomic mass is 9.84. The molecule has 4 atom stereocenters. The van der Waals surface area contributed by atoms with Crippen molar-refractivity contribution in [2.45, 2.75) is 89.1 Å². The smallest absolute Gasteiger partial charge is 0.290 e. The van der Waals surface area contributed by atoms with Gasteiger partial charge in [-0.05, 0) is 61.6 Å². The van der Waals surface area contributed by atoms with E-state index in [1.54, 1.807) is 13.0 Å². The molecule has 12 heteroatoms. The van der Waals surface area contributed by atoms with Gasteiger partial charge in [0.25, 0.3) is 6.47 Å². The van der Waals surface area contributed by atoms with Gasteiger partial charge in [0.1, 0.15) is 11.1 Å². The molecule has 2 aliphatic rings. The lowest BCUT2D eigenvalue weighted by molar-refractivity contribution is -0.123. The van der Waals surface area contributed by atoms with Gasteiger partial charge in [0.15, 0.2) is 30.2 Å². The van der Waals surface area contributed by atoms with Crippen LogP contribution in [0, 0.1) is 12.7 Å². The molecule has 1 amide bonds. The molecular weight excluding hydrogens is 606 g/mol. The molecule has 1 saturated carbocycles. The van der Waals surface area contributed by atoms with Gasteiger partial charge in [-0.15, -0.1) is 0 Å². The molecule has 2 aromatic carbocycles. The van der Waals surface area contributed by atoms with Crippen LogP contribution in [0.25, 0.3) is 0 Å². The summed E-state index contributed by atoms with van der Waals surface area (Å²) in [4.78, 5) is 23.0. The summed E-state index contributed by atoms with van der Waals surface area (Å²) in [5, 5.41) is 4.90. The first-order valence-electron chi connectivity index (χ1n) is 14.6. The van der Waals surface area contributed by atoms with Gasteiger partial charge in [0, 0.05) is 0 Å². The largest absolute Gasteiger partial charge is 0.483 e. The summed E-state index contributed by atoms with van der Waals surface area (Å²) >= 11 is 0.355. The van der Waals surface area contributed by atoms with E-state index in [0.717, 1.165) is 22.7 Å². The molecule has 1 N–H and O–H groups in total. The number of anilines is 1. The maximum atomic E-state index is 15.0. The van der Waals surface area contributed by atoms with Crippen LogP contribution in [0.4, 0.5) is 32.0 Å². The molecule has 4 rings (SSSR count). The number of likely N-dealkylation sites (N-methyl/N-ethyl adjacent to an activating group) is 1. The number of carbonyl (C=O) groups excluding carboxylic acids is 1. The Bertz CT molecular complexity index is 1240. The topological polar surface area (TPSA) is 60.9 Å². The SMILES string of the molecule is CC.Cc1ccc(N(Cc2ccc(C3CCCCC3)cc2)C(=O)CN(C)SC2C(F)=C(F)C(F)C(F)C2F)c(F)c1.O=CO. The van der Waals surface area contributed by atoms with Crippen LogP contribution in [0.5, 0.6) is 0 Å². The van der Waals surface area contributed by atoms with Gasteiger partial charge in [-0.25, -0.2) is 30.6 Å². The number of alkyl halides is 3. The molecule has 0 radical (unpaired) electrons. The minimum absolute atomic E-state index is 0.0302. The summed E-state index contributed by atoms with van der Waals surface area (Å²) in [7, 11) is 1.32. The van der Waals surface area contributed by atoms with Gasteiger partial charge in [0.05, 0.1) is 18.8 Å². The predicted molar refractivity (Wildman–Crippen MR) is 163 cm³/mol. The first-order valence-corrected chi connectivity index (χ1v) is 15.4. The summed E-state index contributed by atoms with van der Waals surface area (Å²) in [6, 6.07) is 12.3. The normalized spacial score (nSPS) is 22.0. The van der Waals surface area contributed by atoms with Crippen molar-refractivity contribution in [1.82, 2.24) is 4.31 Å². The first-order chi connectivity index (χ1) is 21.0. The van der Waals surface area contributed by atoms with Crippen LogP contribution in [0.15, 0.2) is 54.1 Å². The van der Waals surface area contributed by atoms with Gasteiger partial charge in [-0.1, -0.05) is 75.4 Å². The number of carbonyl (C=O) groups is 2. The van der Waals surface area contributed by atoms with Crippen molar-refractivity contribution in [2.24, 2.45) is 0 Å². The van der Waals surface area contributed by atoms with Crippen molar-refractivity contribution in [3.8, 4) is 0 Å². The second-order valence-corrected chi connectivity index (χ2v) is 11.8. The molecule has 44 heavy (non-hydrogen) atoms. The second kappa shape index (κ2) is 18.1. The molecule has 0 saturated heterocycles. The highest BCUT2D eigenvalue weighted by Crippen LogP contribution is 2.40. The Hall–Kier alpha value is -2.99. The van der Waals surface area contributed by atoms with Crippen LogP contribution in [-0.2, 0) is 16.1 Å². The molecule has 4 unspecified atom stereocenters. The number of rotatable bonds is 8. The maximum absolute atomic E-state index is 15.0. The Morgan fingerprint density at radius 3 is 2.11 bits per heavy atom. The molecule has 0 aliphatic heterocycles. The van der Waals surface area contributed by atoms with Crippen molar-refractivity contribution < 1.29 is 41.0 Å². The highest BCUT2D eigenvalue weighted by Gasteiger charge is 2.48. The molecule has 1 fully saturated rings. The lowest BCUT2D eigenvalue weighted by Gasteiger charge is -2.32. The van der Waals surface area contributed by atoms with Crippen LogP contribution in [0.3, 0.4) is 0 Å². The Kier molecular flexibility index (Phi) is 15.3. The highest BCUT2D eigenvalue weighted by atomic mass is 32.2. The zero-order valence-corrected chi connectivity index (χ0v) is 26.1. The van der Waals surface area contributed by atoms with E-state index in [0.29, 0.717) is 23.4 Å². The monoisotopic (exact) mass is 646 g/mol. The number of aryl methyl sites for hydroxylation is 1. The van der Waals surface area contributed by atoms with E-state index in [4.69, 9.17) is 9.90 Å². The summed E-state index contributed by atoms with van der Waals surface area (Å²) < 4.78 is 85.7. The summed E-state index contributed by atoms with van der Waals surface area (Å²) in [6.07, 6.45) is -2.59. The molecule has 0 spiro atoms. The number of allylic oxidation sites excluding steroid dienone is 1. The van der Waals surface area contributed by atoms with Crippen molar-refractivity contribution in [2.75, 3.05) is 18.5 Å². The van der Waals surface area contributed by atoms with E-state index >= 15 is 0 Å². The fourth-order valence-corrected chi connectivity index (χ4v) is 6.18. The maximum Gasteiger partial charge on any atom is 0.290 e. The number of amides is 1. The van der Waals surface area contributed by atoms with Crippen LogP contribution >= 0.6 is 11.9 Å². The summed E-state index contributed by atoms with van der Waals surface area (Å²) in [5.74, 6) is -4.42. The number of benzene rings is 2. The molecule has 2 aliphatic carbocycles. The van der Waals surface area contributed by atoms with E-state index < -0.39 is 53.7 Å². The minimum Gasteiger partial charge on any atom is -0.483 e. The van der Waals surface area contributed by atoms with Crippen molar-refractivity contribution in [3.63, 3.8) is 0 Å². The quantitative estimate of drug-likeness (QED) is 0.177. The van der Waals surface area contributed by atoms with E-state index in [1.165, 1.54) is 48.9 Å². The van der Waals surface area contributed by atoms with E-state index in [9.17, 15) is 31.1 Å². The number of nitrogens with zero attached hydrogens (tertiary/aromatic N) is 2. The molecule has 2 aromatic rings. The Morgan fingerprint density at radius 2 is 1.55 bits per heavy atom. The standard InChI is InChI=1S/C29H32F6N2OS.C2H6.CH2O2/c1-17-8-13-22(21(30)14-17)37(15-18-9-11-20(12-10-18)19-6-4-3-5-7-19)23(38)16-36(2)39-29-27(34)25(32)24(31)26(33)28(29)35;1-2;2-1-3/h8-14,19,24-25,27,29H,3-7,15-16H2,1-2H3;1-2H3;1H,(H,2,3). The van der Waals surface area contributed by atoms with Crippen molar-refractivity contribution in [1.29, 1.82) is 0 Å². The second-order valence-electron chi connectivity index (χ2n) is 10.4. The summed E-state index contributed by atoms with van der Waals surface area (Å²) in [5.41, 5.74) is 2.68. The van der Waals surface area contributed by atoms with Crippen LogP contribution < -0.4 is 4.90 Å². The minimum atomic E-state index is -3.01. The molecule has 0 aromatic heterocycles. The van der Waals surface area contributed by atoms with Gasteiger partial charge < -0.3 is 10.0 Å². The fraction of sp³-hybridized carbons (Fsp3) is 0.500. The van der Waals surface area contributed by atoms with Crippen molar-refractivity contribution in [3.05, 3.63) is 76.6 Å². The number of hydrogen-bond donors (Lipinski definition) is 1. The zero-order chi connectivity index (χ0) is 33.0. The predicted octanol–water partition coefficient (Wildman–Crippen LogP) is 8.57. The Labute approximate surface area is 259 Å². The van der Waals surface area contributed by atoms with E-state index in [1.807, 2.05) is 38.1 Å². The molecule has 0 heterocycles. The summed E-state index contributed by atoms with van der Waals surface area (Å²) in [6.45, 7) is 5.05. The van der Waals surface area contributed by atoms with Crippen LogP contribution in [0.1, 0.15) is 68.6 Å². The third-order valence-corrected chi connectivity index (χ3v) is 8.52. The first kappa shape index (κ1) is 37.2. The number of carboxylic acid groups (broad SMARTS) is 1. The number of hydrogen-bond acceptors (Lipinski definition) is 4. The number of halogens is 6.